The Balaban J connectivity index is 4.41. The van der Waals surface area contributed by atoms with Crippen LogP contribution in [0.1, 0.15) is 303 Å². The lowest BCUT2D eigenvalue weighted by Gasteiger charge is -2.18. The van der Waals surface area contributed by atoms with Crippen molar-refractivity contribution in [1.82, 2.24) is 0 Å². The predicted molar refractivity (Wildman–Crippen MR) is 362 cm³/mol. The molecule has 0 aromatic rings. The van der Waals surface area contributed by atoms with Gasteiger partial charge in [0.25, 0.3) is 0 Å². The zero-order valence-corrected chi connectivity index (χ0v) is 53.9. The number of rotatable bonds is 61. The predicted octanol–water partition coefficient (Wildman–Crippen LogP) is 23.9. The fraction of sp³-hybridized carbons (Fsp3) is 0.649. The molecule has 0 heterocycles. The monoisotopic (exact) mass is 1150 g/mol. The molecule has 0 N–H and O–H groups in total. The van der Waals surface area contributed by atoms with Gasteiger partial charge in [0.05, 0.1) is 0 Å². The second-order valence-electron chi connectivity index (χ2n) is 22.3. The third-order valence-electron chi connectivity index (χ3n) is 14.3. The Bertz CT molecular complexity index is 1800. The van der Waals surface area contributed by atoms with E-state index in [1.54, 1.807) is 0 Å². The van der Waals surface area contributed by atoms with E-state index in [-0.39, 0.29) is 31.1 Å². The number of hydrogen-bond donors (Lipinski definition) is 0. The SMILES string of the molecule is CC/C=C\C/C=C\C/C=C\C/C=C\C/C=C\C/C=C\C/C=C\C/C=C\CCCCC(=O)OCC(COC(=O)CCCCCCCCCCCCCCC)OC(=O)CCCCCCCCCCCCCC/C=C\C/C=C\C/C=C\C/C=C\CC. The van der Waals surface area contributed by atoms with E-state index in [0.717, 1.165) is 128 Å². The first-order valence-electron chi connectivity index (χ1n) is 34.3. The summed E-state index contributed by atoms with van der Waals surface area (Å²) in [5.74, 6) is -0.936. The molecular weight excluding hydrogens is 1020 g/mol. The van der Waals surface area contributed by atoms with E-state index in [9.17, 15) is 14.4 Å². The summed E-state index contributed by atoms with van der Waals surface area (Å²) >= 11 is 0. The third kappa shape index (κ3) is 68.0. The van der Waals surface area contributed by atoms with Gasteiger partial charge in [0, 0.05) is 19.3 Å². The van der Waals surface area contributed by atoms with Crippen LogP contribution in [0.15, 0.2) is 146 Å². The average Bonchev–Trinajstić information content (AvgIpc) is 3.49. The number of esters is 3. The van der Waals surface area contributed by atoms with Crippen molar-refractivity contribution >= 4 is 17.9 Å². The number of allylic oxidation sites excluding steroid dienone is 24. The van der Waals surface area contributed by atoms with Crippen LogP contribution in [-0.4, -0.2) is 37.2 Å². The molecule has 0 saturated heterocycles. The van der Waals surface area contributed by atoms with E-state index < -0.39 is 6.10 Å². The van der Waals surface area contributed by atoms with Crippen LogP contribution in [0.3, 0.4) is 0 Å². The van der Waals surface area contributed by atoms with Gasteiger partial charge in [-0.25, -0.2) is 0 Å². The first kappa shape index (κ1) is 78.3. The van der Waals surface area contributed by atoms with Gasteiger partial charge in [0.15, 0.2) is 6.10 Å². The standard InChI is InChI=1S/C77H126O6/c1-4-7-10-13-16-19-22-25-27-29-31-33-35-37-38-40-41-43-45-47-49-52-55-58-61-64-67-70-76(79)82-73-74(72-81-75(78)69-66-63-60-57-54-51-24-21-18-15-12-9-6-3)83-77(80)71-68-65-62-59-56-53-50-48-46-44-42-39-36-34-32-30-28-26-23-20-17-14-11-8-5-2/h7-8,10-11,16-17,19-20,25-28,31-34,37-38,41,43,47,49,55,58,74H,4-6,9,12-15,18,21-24,29-30,35-36,39-40,42,44-46,48,50-54,56-57,59-73H2,1-3H3/b10-7-,11-8-,19-16-,20-17-,27-25-,28-26-,33-31-,34-32-,38-37-,43-41-,49-47-,58-55-. The highest BCUT2D eigenvalue weighted by Gasteiger charge is 2.19. The highest BCUT2D eigenvalue weighted by Crippen LogP contribution is 2.16. The van der Waals surface area contributed by atoms with Crippen LogP contribution in [0.5, 0.6) is 0 Å². The van der Waals surface area contributed by atoms with Crippen LogP contribution in [0, 0.1) is 0 Å². The quantitative estimate of drug-likeness (QED) is 0.0261. The number of carbonyl (C=O) groups is 3. The Morgan fingerprint density at radius 2 is 0.470 bits per heavy atom. The molecule has 0 spiro atoms. The third-order valence-corrected chi connectivity index (χ3v) is 14.3. The van der Waals surface area contributed by atoms with Crippen LogP contribution in [0.4, 0.5) is 0 Å². The van der Waals surface area contributed by atoms with E-state index in [1.807, 2.05) is 0 Å². The van der Waals surface area contributed by atoms with Gasteiger partial charge in [-0.2, -0.15) is 0 Å². The lowest BCUT2D eigenvalue weighted by atomic mass is 10.0. The average molecular weight is 1150 g/mol. The highest BCUT2D eigenvalue weighted by molar-refractivity contribution is 5.71. The normalized spacial score (nSPS) is 13.0. The van der Waals surface area contributed by atoms with Gasteiger partial charge in [-0.05, 0) is 122 Å². The summed E-state index contributed by atoms with van der Waals surface area (Å²) < 4.78 is 16.9. The van der Waals surface area contributed by atoms with Crippen LogP contribution < -0.4 is 0 Å². The molecule has 0 aromatic carbocycles. The van der Waals surface area contributed by atoms with Crippen molar-refractivity contribution in [2.24, 2.45) is 0 Å². The molecule has 1 unspecified atom stereocenters. The molecule has 6 nitrogen and oxygen atoms in total. The zero-order chi connectivity index (χ0) is 59.9. The van der Waals surface area contributed by atoms with Gasteiger partial charge in [-0.1, -0.05) is 308 Å². The first-order valence-corrected chi connectivity index (χ1v) is 34.3. The number of unbranched alkanes of at least 4 members (excludes halogenated alkanes) is 26. The largest absolute Gasteiger partial charge is 0.462 e. The molecule has 0 radical (unpaired) electrons. The Morgan fingerprint density at radius 1 is 0.253 bits per heavy atom. The minimum absolute atomic E-state index is 0.0943. The molecule has 0 saturated carbocycles. The number of ether oxygens (including phenoxy) is 3. The summed E-state index contributed by atoms with van der Waals surface area (Å²) in [4.78, 5) is 38.4. The molecule has 0 rings (SSSR count). The molecule has 470 valence electrons. The second-order valence-corrected chi connectivity index (χ2v) is 22.3. The maximum atomic E-state index is 13.0. The number of hydrogen-bond acceptors (Lipinski definition) is 6. The first-order chi connectivity index (χ1) is 41.0. The molecule has 0 aromatic heterocycles. The second kappa shape index (κ2) is 69.8. The van der Waals surface area contributed by atoms with Gasteiger partial charge in [0.1, 0.15) is 13.2 Å². The molecule has 6 heteroatoms. The Labute approximate surface area is 512 Å². The maximum Gasteiger partial charge on any atom is 0.306 e. The zero-order valence-electron chi connectivity index (χ0n) is 53.9. The fourth-order valence-corrected chi connectivity index (χ4v) is 9.27. The summed E-state index contributed by atoms with van der Waals surface area (Å²) in [5.41, 5.74) is 0. The minimum atomic E-state index is -0.803. The Morgan fingerprint density at radius 3 is 0.759 bits per heavy atom. The molecule has 1 atom stereocenters. The molecule has 0 fully saturated rings. The smallest absolute Gasteiger partial charge is 0.306 e. The van der Waals surface area contributed by atoms with E-state index >= 15 is 0 Å². The summed E-state index contributed by atoms with van der Waals surface area (Å²) in [5, 5.41) is 0. The van der Waals surface area contributed by atoms with Crippen molar-refractivity contribution < 1.29 is 28.6 Å². The summed E-state index contributed by atoms with van der Waals surface area (Å²) in [6, 6.07) is 0. The lowest BCUT2D eigenvalue weighted by Crippen LogP contribution is -2.30. The molecule has 0 aliphatic carbocycles. The van der Waals surface area contributed by atoms with E-state index in [1.165, 1.54) is 128 Å². The summed E-state index contributed by atoms with van der Waals surface area (Å²) in [6.07, 6.45) is 100. The van der Waals surface area contributed by atoms with Gasteiger partial charge in [0.2, 0.25) is 0 Å². The molecule has 0 amide bonds. The van der Waals surface area contributed by atoms with Crippen LogP contribution >= 0.6 is 0 Å². The molecule has 0 bridgehead atoms. The van der Waals surface area contributed by atoms with Crippen molar-refractivity contribution in [3.8, 4) is 0 Å². The van der Waals surface area contributed by atoms with Crippen LogP contribution in [0.25, 0.3) is 0 Å². The summed E-state index contributed by atoms with van der Waals surface area (Å²) in [6.45, 7) is 6.39. The molecule has 0 aliphatic heterocycles. The van der Waals surface area contributed by atoms with Crippen LogP contribution in [-0.2, 0) is 28.6 Å². The van der Waals surface area contributed by atoms with Crippen molar-refractivity contribution in [2.45, 2.75) is 309 Å². The van der Waals surface area contributed by atoms with Crippen molar-refractivity contribution in [2.75, 3.05) is 13.2 Å². The van der Waals surface area contributed by atoms with E-state index in [2.05, 4.69) is 167 Å². The molecule has 0 aliphatic rings. The van der Waals surface area contributed by atoms with Crippen LogP contribution in [0.2, 0.25) is 0 Å². The minimum Gasteiger partial charge on any atom is -0.462 e. The van der Waals surface area contributed by atoms with Gasteiger partial charge >= 0.3 is 17.9 Å². The van der Waals surface area contributed by atoms with E-state index in [4.69, 9.17) is 14.2 Å². The van der Waals surface area contributed by atoms with Gasteiger partial charge in [-0.3, -0.25) is 14.4 Å². The summed E-state index contributed by atoms with van der Waals surface area (Å²) in [7, 11) is 0. The van der Waals surface area contributed by atoms with Crippen molar-refractivity contribution in [1.29, 1.82) is 0 Å². The molecular formula is C77H126O6. The van der Waals surface area contributed by atoms with Crippen molar-refractivity contribution in [3.05, 3.63) is 146 Å². The highest BCUT2D eigenvalue weighted by atomic mass is 16.6. The number of carbonyl (C=O) groups excluding carboxylic acids is 3. The fourth-order valence-electron chi connectivity index (χ4n) is 9.27. The lowest BCUT2D eigenvalue weighted by molar-refractivity contribution is -0.167. The van der Waals surface area contributed by atoms with Gasteiger partial charge in [-0.15, -0.1) is 0 Å². The maximum absolute atomic E-state index is 13.0. The molecule has 83 heavy (non-hydrogen) atoms. The van der Waals surface area contributed by atoms with Crippen molar-refractivity contribution in [3.63, 3.8) is 0 Å². The topological polar surface area (TPSA) is 78.9 Å². The Hall–Kier alpha value is -4.71. The van der Waals surface area contributed by atoms with Gasteiger partial charge < -0.3 is 14.2 Å². The Kier molecular flexibility index (Phi) is 65.8. The van der Waals surface area contributed by atoms with E-state index in [0.29, 0.717) is 25.7 Å².